The number of nitrogens with zero attached hydrogens (tertiary/aromatic N) is 3. The molecule has 0 aliphatic rings. The molecule has 0 saturated carbocycles. The fourth-order valence-corrected chi connectivity index (χ4v) is 2.63. The van der Waals surface area contributed by atoms with Gasteiger partial charge in [-0.3, -0.25) is 4.79 Å². The van der Waals surface area contributed by atoms with Gasteiger partial charge in [0.1, 0.15) is 5.82 Å². The minimum Gasteiger partial charge on any atom is -0.380 e. The van der Waals surface area contributed by atoms with Gasteiger partial charge in [0.25, 0.3) is 5.91 Å². The van der Waals surface area contributed by atoms with Gasteiger partial charge in [-0.2, -0.15) is 0 Å². The van der Waals surface area contributed by atoms with Gasteiger partial charge >= 0.3 is 0 Å². The predicted octanol–water partition coefficient (Wildman–Crippen LogP) is 2.79. The lowest BCUT2D eigenvalue weighted by molar-refractivity contribution is 0.0945. The summed E-state index contributed by atoms with van der Waals surface area (Å²) in [6.45, 7) is 2.64. The number of halogens is 1. The lowest BCUT2D eigenvalue weighted by atomic mass is 10.1. The van der Waals surface area contributed by atoms with E-state index in [-0.39, 0.29) is 17.4 Å². The molecular weight excluding hydrogens is 335 g/mol. The molecule has 0 spiro atoms. The van der Waals surface area contributed by atoms with Gasteiger partial charge in [0.05, 0.1) is 18.0 Å². The predicted molar refractivity (Wildman–Crippen MR) is 94.4 cm³/mol. The van der Waals surface area contributed by atoms with Crippen LogP contribution in [0.4, 0.5) is 4.39 Å². The Labute approximate surface area is 150 Å². The van der Waals surface area contributed by atoms with Gasteiger partial charge in [-0.05, 0) is 42.3 Å². The van der Waals surface area contributed by atoms with Crippen molar-refractivity contribution in [2.45, 2.75) is 20.1 Å². The molecule has 1 heterocycles. The molecule has 26 heavy (non-hydrogen) atoms. The van der Waals surface area contributed by atoms with Crippen LogP contribution in [0.1, 0.15) is 27.3 Å². The molecule has 0 fully saturated rings. The van der Waals surface area contributed by atoms with E-state index in [1.54, 1.807) is 26.2 Å². The monoisotopic (exact) mass is 354 g/mol. The van der Waals surface area contributed by atoms with E-state index in [1.807, 2.05) is 24.3 Å². The molecule has 1 amide bonds. The average Bonchev–Trinajstić information content (AvgIpc) is 3.03. The molecule has 1 aromatic heterocycles. The van der Waals surface area contributed by atoms with Crippen molar-refractivity contribution in [2.24, 2.45) is 0 Å². The summed E-state index contributed by atoms with van der Waals surface area (Å²) in [7, 11) is 1.64. The second-order valence-corrected chi connectivity index (χ2v) is 5.85. The first kappa shape index (κ1) is 17.8. The minimum atomic E-state index is -0.333. The number of nitrogens with one attached hydrogen (secondary N) is 1. The molecule has 3 rings (SSSR count). The summed E-state index contributed by atoms with van der Waals surface area (Å²) in [6, 6.07) is 13.6. The number of aromatic nitrogens is 3. The van der Waals surface area contributed by atoms with Crippen molar-refractivity contribution in [1.82, 2.24) is 20.3 Å². The largest absolute Gasteiger partial charge is 0.380 e. The first-order valence-electron chi connectivity index (χ1n) is 8.11. The smallest absolute Gasteiger partial charge is 0.274 e. The van der Waals surface area contributed by atoms with Crippen LogP contribution in [0.25, 0.3) is 5.69 Å². The maximum absolute atomic E-state index is 13.1. The number of amides is 1. The van der Waals surface area contributed by atoms with Gasteiger partial charge in [0, 0.05) is 13.7 Å². The highest BCUT2D eigenvalue weighted by atomic mass is 19.1. The summed E-state index contributed by atoms with van der Waals surface area (Å²) in [6.07, 6.45) is 0. The zero-order chi connectivity index (χ0) is 18.5. The van der Waals surface area contributed by atoms with E-state index >= 15 is 0 Å². The molecular formula is C19H19FN4O2. The molecule has 0 aliphatic heterocycles. The lowest BCUT2D eigenvalue weighted by Gasteiger charge is -2.07. The number of rotatable bonds is 6. The zero-order valence-corrected chi connectivity index (χ0v) is 14.6. The zero-order valence-electron chi connectivity index (χ0n) is 14.6. The number of carbonyl (C=O) groups excluding carboxylic acids is 1. The van der Waals surface area contributed by atoms with Crippen LogP contribution in [-0.2, 0) is 17.9 Å². The number of carbonyl (C=O) groups is 1. The molecule has 0 unspecified atom stereocenters. The summed E-state index contributed by atoms with van der Waals surface area (Å²) in [5.41, 5.74) is 3.47. The third-order valence-corrected chi connectivity index (χ3v) is 3.94. The highest BCUT2D eigenvalue weighted by Gasteiger charge is 2.17. The Kier molecular flexibility index (Phi) is 5.38. The number of ether oxygens (including phenoxy) is 1. The summed E-state index contributed by atoms with van der Waals surface area (Å²) in [5, 5.41) is 10.8. The summed E-state index contributed by atoms with van der Waals surface area (Å²) >= 11 is 0. The van der Waals surface area contributed by atoms with Crippen LogP contribution in [0, 0.1) is 12.7 Å². The number of methoxy groups -OCH3 is 1. The van der Waals surface area contributed by atoms with Gasteiger partial charge < -0.3 is 10.1 Å². The molecule has 3 aromatic rings. The summed E-state index contributed by atoms with van der Waals surface area (Å²) in [5.74, 6) is -0.645. The summed E-state index contributed by atoms with van der Waals surface area (Å²) in [4.78, 5) is 12.4. The Morgan fingerprint density at radius 1 is 1.19 bits per heavy atom. The Morgan fingerprint density at radius 2 is 1.92 bits per heavy atom. The fourth-order valence-electron chi connectivity index (χ4n) is 2.63. The number of hydrogen-bond donors (Lipinski definition) is 1. The second-order valence-electron chi connectivity index (χ2n) is 5.85. The lowest BCUT2D eigenvalue weighted by Crippen LogP contribution is -2.24. The standard InChI is InChI=1S/C19H19FN4O2/c1-13-18(22-23-24(13)17-8-6-16(20)7-9-17)19(25)21-11-14-4-3-5-15(10-14)12-26-2/h3-10H,11-12H2,1-2H3,(H,21,25). The van der Waals surface area contributed by atoms with Crippen molar-refractivity contribution in [3.63, 3.8) is 0 Å². The van der Waals surface area contributed by atoms with E-state index < -0.39 is 0 Å². The van der Waals surface area contributed by atoms with Crippen molar-refractivity contribution >= 4 is 5.91 Å². The van der Waals surface area contributed by atoms with Crippen LogP contribution in [0.15, 0.2) is 48.5 Å². The quantitative estimate of drug-likeness (QED) is 0.739. The van der Waals surface area contributed by atoms with E-state index in [4.69, 9.17) is 4.74 Å². The van der Waals surface area contributed by atoms with Crippen LogP contribution in [0.3, 0.4) is 0 Å². The Morgan fingerprint density at radius 3 is 2.65 bits per heavy atom. The normalized spacial score (nSPS) is 10.7. The Bertz CT molecular complexity index is 906. The number of benzene rings is 2. The second kappa shape index (κ2) is 7.88. The van der Waals surface area contributed by atoms with Gasteiger partial charge in [-0.1, -0.05) is 29.5 Å². The molecule has 0 saturated heterocycles. The average molecular weight is 354 g/mol. The fraction of sp³-hybridized carbons (Fsp3) is 0.211. The van der Waals surface area contributed by atoms with Gasteiger partial charge in [-0.25, -0.2) is 9.07 Å². The van der Waals surface area contributed by atoms with Crippen LogP contribution in [0.5, 0.6) is 0 Å². The first-order valence-corrected chi connectivity index (χ1v) is 8.11. The van der Waals surface area contributed by atoms with Gasteiger partial charge in [0.15, 0.2) is 5.69 Å². The maximum Gasteiger partial charge on any atom is 0.274 e. The van der Waals surface area contributed by atoms with Crippen molar-refractivity contribution < 1.29 is 13.9 Å². The molecule has 0 radical (unpaired) electrons. The van der Waals surface area contributed by atoms with E-state index in [1.165, 1.54) is 16.8 Å². The van der Waals surface area contributed by atoms with Crippen molar-refractivity contribution in [3.8, 4) is 5.69 Å². The molecule has 0 aliphatic carbocycles. The van der Waals surface area contributed by atoms with Crippen LogP contribution in [0.2, 0.25) is 0 Å². The molecule has 2 aromatic carbocycles. The maximum atomic E-state index is 13.1. The highest BCUT2D eigenvalue weighted by Crippen LogP contribution is 2.13. The SMILES string of the molecule is COCc1cccc(CNC(=O)c2nnn(-c3ccc(F)cc3)c2C)c1. The van der Waals surface area contributed by atoms with Gasteiger partial charge in [0.2, 0.25) is 0 Å². The molecule has 7 heteroatoms. The third kappa shape index (κ3) is 3.94. The van der Waals surface area contributed by atoms with E-state index in [2.05, 4.69) is 15.6 Å². The number of hydrogen-bond acceptors (Lipinski definition) is 4. The Hall–Kier alpha value is -3.06. The third-order valence-electron chi connectivity index (χ3n) is 3.94. The van der Waals surface area contributed by atoms with E-state index in [9.17, 15) is 9.18 Å². The first-order chi connectivity index (χ1) is 12.6. The van der Waals surface area contributed by atoms with Crippen LogP contribution >= 0.6 is 0 Å². The Balaban J connectivity index is 1.71. The van der Waals surface area contributed by atoms with E-state index in [0.717, 1.165) is 11.1 Å². The molecule has 134 valence electrons. The van der Waals surface area contributed by atoms with E-state index in [0.29, 0.717) is 24.5 Å². The minimum absolute atomic E-state index is 0.238. The van der Waals surface area contributed by atoms with Crippen LogP contribution in [-0.4, -0.2) is 28.0 Å². The molecule has 1 N–H and O–H groups in total. The molecule has 0 atom stereocenters. The molecule has 0 bridgehead atoms. The van der Waals surface area contributed by atoms with Crippen LogP contribution < -0.4 is 5.32 Å². The van der Waals surface area contributed by atoms with Gasteiger partial charge in [-0.15, -0.1) is 5.10 Å². The summed E-state index contributed by atoms with van der Waals surface area (Å²) < 4.78 is 19.7. The van der Waals surface area contributed by atoms with Crippen molar-refractivity contribution in [1.29, 1.82) is 0 Å². The van der Waals surface area contributed by atoms with Crippen molar-refractivity contribution in [2.75, 3.05) is 7.11 Å². The van der Waals surface area contributed by atoms with Crippen molar-refractivity contribution in [3.05, 3.63) is 76.9 Å². The topological polar surface area (TPSA) is 69.0 Å². The highest BCUT2D eigenvalue weighted by molar-refractivity contribution is 5.93. The molecule has 6 nitrogen and oxygen atoms in total.